The van der Waals surface area contributed by atoms with Gasteiger partial charge in [0.25, 0.3) is 0 Å². The maximum atomic E-state index is 13.0. The van der Waals surface area contributed by atoms with Crippen molar-refractivity contribution in [3.05, 3.63) is 137 Å². The molecule has 6 nitrogen and oxygen atoms in total. The van der Waals surface area contributed by atoms with Crippen molar-refractivity contribution in [3.8, 4) is 11.5 Å². The standard InChI is InChI=1S/C36H35FO6/c37-32-19-21-33(22-20-32)42-23-3-4-24-43-34-6-2-1-5-29(34)14-11-27(25-28-12-17-31(18-13-28)36(40)41)8-7-26-9-15-30(16-10-26)35(38)39/h1-2,5-6,9-22,27H,3-4,7-8,23-25H2,(H,38,39)(H,40,41). The van der Waals surface area contributed by atoms with Gasteiger partial charge in [0.15, 0.2) is 0 Å². The Bertz CT molecular complexity index is 1490. The topological polar surface area (TPSA) is 93.1 Å². The molecule has 0 aromatic heterocycles. The minimum Gasteiger partial charge on any atom is -0.494 e. The van der Waals surface area contributed by atoms with Crippen molar-refractivity contribution in [1.82, 2.24) is 0 Å². The van der Waals surface area contributed by atoms with Crippen molar-refractivity contribution in [2.24, 2.45) is 5.92 Å². The Morgan fingerprint density at radius 3 is 1.93 bits per heavy atom. The molecule has 0 saturated carbocycles. The second-order valence-electron chi connectivity index (χ2n) is 10.3. The number of benzene rings is 4. The van der Waals surface area contributed by atoms with E-state index in [0.29, 0.717) is 19.0 Å². The zero-order chi connectivity index (χ0) is 30.4. The summed E-state index contributed by atoms with van der Waals surface area (Å²) in [5, 5.41) is 18.4. The summed E-state index contributed by atoms with van der Waals surface area (Å²) in [6.07, 6.45) is 8.13. The van der Waals surface area contributed by atoms with Crippen LogP contribution in [0.3, 0.4) is 0 Å². The zero-order valence-electron chi connectivity index (χ0n) is 23.8. The van der Waals surface area contributed by atoms with Crippen LogP contribution >= 0.6 is 0 Å². The van der Waals surface area contributed by atoms with E-state index in [2.05, 4.69) is 12.2 Å². The van der Waals surface area contributed by atoms with Crippen molar-refractivity contribution in [1.29, 1.82) is 0 Å². The van der Waals surface area contributed by atoms with Gasteiger partial charge in [-0.25, -0.2) is 14.0 Å². The number of carboxylic acid groups (broad SMARTS) is 2. The number of allylic oxidation sites excluding steroid dienone is 1. The van der Waals surface area contributed by atoms with Crippen LogP contribution in [0, 0.1) is 11.7 Å². The minimum absolute atomic E-state index is 0.145. The van der Waals surface area contributed by atoms with Crippen molar-refractivity contribution in [3.63, 3.8) is 0 Å². The molecule has 0 aliphatic rings. The Morgan fingerprint density at radius 1 is 0.721 bits per heavy atom. The Labute approximate surface area is 251 Å². The minimum atomic E-state index is -0.954. The molecule has 0 heterocycles. The number of carbonyl (C=O) groups is 2. The molecule has 0 fully saturated rings. The van der Waals surface area contributed by atoms with Gasteiger partial charge in [0.2, 0.25) is 0 Å². The van der Waals surface area contributed by atoms with Gasteiger partial charge in [-0.3, -0.25) is 0 Å². The lowest BCUT2D eigenvalue weighted by Crippen LogP contribution is -2.05. The summed E-state index contributed by atoms with van der Waals surface area (Å²) in [5.41, 5.74) is 3.56. The van der Waals surface area contributed by atoms with Gasteiger partial charge in [-0.15, -0.1) is 0 Å². The number of para-hydroxylation sites is 1. The van der Waals surface area contributed by atoms with Crippen LogP contribution < -0.4 is 9.47 Å². The quantitative estimate of drug-likeness (QED) is 0.130. The molecule has 0 aliphatic heterocycles. The molecule has 0 bridgehead atoms. The average molecular weight is 583 g/mol. The van der Waals surface area contributed by atoms with Gasteiger partial charge in [0, 0.05) is 5.56 Å². The van der Waals surface area contributed by atoms with Crippen LogP contribution in [-0.4, -0.2) is 35.4 Å². The van der Waals surface area contributed by atoms with E-state index >= 15 is 0 Å². The fourth-order valence-corrected chi connectivity index (χ4v) is 4.62. The van der Waals surface area contributed by atoms with Crippen LogP contribution in [-0.2, 0) is 12.8 Å². The van der Waals surface area contributed by atoms with Gasteiger partial charge in [-0.2, -0.15) is 0 Å². The first kappa shape index (κ1) is 31.0. The fraction of sp³-hybridized carbons (Fsp3) is 0.222. The van der Waals surface area contributed by atoms with E-state index < -0.39 is 11.9 Å². The predicted octanol–water partition coefficient (Wildman–Crippen LogP) is 7.97. The fourth-order valence-electron chi connectivity index (χ4n) is 4.62. The Hall–Kier alpha value is -4.91. The molecule has 4 rings (SSSR count). The molecule has 1 unspecified atom stereocenters. The highest BCUT2D eigenvalue weighted by Crippen LogP contribution is 2.24. The molecule has 4 aromatic carbocycles. The SMILES string of the molecule is O=C(O)c1ccc(CCC(C=Cc2ccccc2OCCCCOc2ccc(F)cc2)Cc2ccc(C(=O)O)cc2)cc1. The number of hydrogen-bond donors (Lipinski definition) is 2. The van der Waals surface area contributed by atoms with Crippen LogP contribution in [0.1, 0.15) is 56.7 Å². The molecule has 1 atom stereocenters. The largest absolute Gasteiger partial charge is 0.494 e. The third-order valence-electron chi connectivity index (χ3n) is 7.05. The summed E-state index contributed by atoms with van der Waals surface area (Å²) in [4.78, 5) is 22.5. The lowest BCUT2D eigenvalue weighted by Gasteiger charge is -2.15. The second-order valence-corrected chi connectivity index (χ2v) is 10.3. The van der Waals surface area contributed by atoms with Gasteiger partial charge in [0.1, 0.15) is 17.3 Å². The van der Waals surface area contributed by atoms with E-state index in [1.165, 1.54) is 12.1 Å². The first-order valence-corrected chi connectivity index (χ1v) is 14.3. The maximum Gasteiger partial charge on any atom is 0.335 e. The smallest absolute Gasteiger partial charge is 0.335 e. The van der Waals surface area contributed by atoms with E-state index in [1.807, 2.05) is 48.5 Å². The number of halogens is 1. The maximum absolute atomic E-state index is 13.0. The number of rotatable bonds is 16. The molecule has 0 amide bonds. The number of carboxylic acids is 2. The highest BCUT2D eigenvalue weighted by Gasteiger charge is 2.11. The third-order valence-corrected chi connectivity index (χ3v) is 7.05. The summed E-state index contributed by atoms with van der Waals surface area (Å²) >= 11 is 0. The molecular weight excluding hydrogens is 547 g/mol. The normalized spacial score (nSPS) is 11.7. The van der Waals surface area contributed by atoms with Crippen molar-refractivity contribution in [2.75, 3.05) is 13.2 Å². The number of ether oxygens (including phenoxy) is 2. The molecule has 222 valence electrons. The summed E-state index contributed by atoms with van der Waals surface area (Å²) in [7, 11) is 0. The predicted molar refractivity (Wildman–Crippen MR) is 164 cm³/mol. The number of unbranched alkanes of at least 4 members (excludes halogenated alkanes) is 1. The van der Waals surface area contributed by atoms with Gasteiger partial charge < -0.3 is 19.7 Å². The first-order valence-electron chi connectivity index (χ1n) is 14.3. The van der Waals surface area contributed by atoms with Crippen LogP contribution in [0.5, 0.6) is 11.5 Å². The average Bonchev–Trinajstić information content (AvgIpc) is 3.02. The molecule has 43 heavy (non-hydrogen) atoms. The summed E-state index contributed by atoms with van der Waals surface area (Å²) in [6.45, 7) is 1.05. The van der Waals surface area contributed by atoms with E-state index in [0.717, 1.165) is 54.5 Å². The van der Waals surface area contributed by atoms with Gasteiger partial charge in [-0.05, 0) is 104 Å². The van der Waals surface area contributed by atoms with E-state index in [9.17, 15) is 24.2 Å². The van der Waals surface area contributed by atoms with Crippen LogP contribution in [0.15, 0.2) is 103 Å². The second kappa shape index (κ2) is 15.9. The lowest BCUT2D eigenvalue weighted by molar-refractivity contribution is 0.0686. The lowest BCUT2D eigenvalue weighted by atomic mass is 9.91. The highest BCUT2D eigenvalue weighted by molar-refractivity contribution is 5.88. The first-order chi connectivity index (χ1) is 20.9. The summed E-state index contributed by atoms with van der Waals surface area (Å²) in [5.74, 6) is -0.622. The zero-order valence-corrected chi connectivity index (χ0v) is 23.8. The van der Waals surface area contributed by atoms with Crippen molar-refractivity contribution < 1.29 is 33.7 Å². The summed E-state index contributed by atoms with van der Waals surface area (Å²) < 4.78 is 24.8. The molecule has 2 N–H and O–H groups in total. The molecule has 0 radical (unpaired) electrons. The monoisotopic (exact) mass is 582 g/mol. The van der Waals surface area contributed by atoms with E-state index in [4.69, 9.17) is 9.47 Å². The molecular formula is C36H35FO6. The van der Waals surface area contributed by atoms with Crippen molar-refractivity contribution in [2.45, 2.75) is 32.1 Å². The Morgan fingerprint density at radius 2 is 1.30 bits per heavy atom. The van der Waals surface area contributed by atoms with E-state index in [-0.39, 0.29) is 22.9 Å². The van der Waals surface area contributed by atoms with E-state index in [1.54, 1.807) is 36.4 Å². The molecule has 7 heteroatoms. The Kier molecular flexibility index (Phi) is 11.5. The van der Waals surface area contributed by atoms with Crippen LogP contribution in [0.25, 0.3) is 6.08 Å². The van der Waals surface area contributed by atoms with Crippen LogP contribution in [0.4, 0.5) is 4.39 Å². The number of hydrogen-bond acceptors (Lipinski definition) is 4. The van der Waals surface area contributed by atoms with Gasteiger partial charge in [0.05, 0.1) is 24.3 Å². The van der Waals surface area contributed by atoms with Gasteiger partial charge in [-0.1, -0.05) is 54.6 Å². The Balaban J connectivity index is 1.37. The summed E-state index contributed by atoms with van der Waals surface area (Å²) in [6, 6.07) is 27.7. The third kappa shape index (κ3) is 10.1. The molecule has 4 aromatic rings. The molecule has 0 spiro atoms. The number of aromatic carboxylic acids is 2. The number of aryl methyl sites for hydroxylation is 1. The van der Waals surface area contributed by atoms with Crippen molar-refractivity contribution >= 4 is 18.0 Å². The van der Waals surface area contributed by atoms with Crippen LogP contribution in [0.2, 0.25) is 0 Å². The van der Waals surface area contributed by atoms with Gasteiger partial charge >= 0.3 is 11.9 Å². The highest BCUT2D eigenvalue weighted by atomic mass is 19.1. The molecule has 0 aliphatic carbocycles. The molecule has 0 saturated heterocycles.